The van der Waals surface area contributed by atoms with Crippen LogP contribution in [0, 0.1) is 0 Å². The van der Waals surface area contributed by atoms with E-state index in [2.05, 4.69) is 11.4 Å². The van der Waals surface area contributed by atoms with Crippen LogP contribution in [0.2, 0.25) is 0 Å². The monoisotopic (exact) mass is 238 g/mol. The lowest BCUT2D eigenvalue weighted by Crippen LogP contribution is -1.99. The maximum atomic E-state index is 10.2. The number of phosphoric acid groups is 1. The highest BCUT2D eigenvalue weighted by molar-refractivity contribution is 7.46. The van der Waals surface area contributed by atoms with E-state index >= 15 is 0 Å². The Labute approximate surface area is 90.3 Å². The zero-order chi connectivity index (χ0) is 11.6. The highest BCUT2D eigenvalue weighted by Crippen LogP contribution is 2.35. The fourth-order valence-electron chi connectivity index (χ4n) is 0.921. The molecule has 0 saturated heterocycles. The van der Waals surface area contributed by atoms with Gasteiger partial charge in [-0.25, -0.2) is 4.57 Å². The molecule has 0 aliphatic carbocycles. The molecule has 15 heavy (non-hydrogen) atoms. The Morgan fingerprint density at radius 1 is 1.27 bits per heavy atom. The Kier molecular flexibility index (Phi) is 8.71. The second-order valence-corrected chi connectivity index (χ2v) is 4.30. The molecule has 0 rings (SSSR count). The van der Waals surface area contributed by atoms with Crippen molar-refractivity contribution in [3.05, 3.63) is 12.3 Å². The molecule has 0 aromatic heterocycles. The molecule has 0 saturated carbocycles. The summed E-state index contributed by atoms with van der Waals surface area (Å²) >= 11 is 0. The van der Waals surface area contributed by atoms with Crippen LogP contribution in [0.25, 0.3) is 0 Å². The predicted octanol–water partition coefficient (Wildman–Crippen LogP) is 2.21. The van der Waals surface area contributed by atoms with Gasteiger partial charge in [-0.3, -0.25) is 4.52 Å². The van der Waals surface area contributed by atoms with Crippen molar-refractivity contribution in [3.8, 4) is 0 Å². The van der Waals surface area contributed by atoms with Gasteiger partial charge in [0.05, 0.1) is 12.9 Å². The third-order valence-electron chi connectivity index (χ3n) is 1.63. The topological polar surface area (TPSA) is 76.0 Å². The van der Waals surface area contributed by atoms with Crippen LogP contribution in [0.15, 0.2) is 12.3 Å². The van der Waals surface area contributed by atoms with Gasteiger partial charge < -0.3 is 14.5 Å². The van der Waals surface area contributed by atoms with Gasteiger partial charge in [0.2, 0.25) is 0 Å². The first-order valence-corrected chi connectivity index (χ1v) is 6.56. The number of hydrogen-bond acceptors (Lipinski definition) is 3. The summed E-state index contributed by atoms with van der Waals surface area (Å²) in [5, 5.41) is 0. The molecule has 0 aromatic carbocycles. The zero-order valence-electron chi connectivity index (χ0n) is 8.96. The molecular weight excluding hydrogens is 219 g/mol. The molecule has 5 nitrogen and oxygen atoms in total. The van der Waals surface area contributed by atoms with Crippen molar-refractivity contribution in [2.45, 2.75) is 32.6 Å². The summed E-state index contributed by atoms with van der Waals surface area (Å²) in [4.78, 5) is 16.7. The van der Waals surface area contributed by atoms with E-state index in [0.29, 0.717) is 0 Å². The van der Waals surface area contributed by atoms with Crippen molar-refractivity contribution in [2.75, 3.05) is 13.2 Å². The molecule has 90 valence electrons. The zero-order valence-corrected chi connectivity index (χ0v) is 9.86. The van der Waals surface area contributed by atoms with Gasteiger partial charge in [0.1, 0.15) is 6.61 Å². The number of unbranched alkanes of at least 4 members (excludes halogenated alkanes) is 3. The van der Waals surface area contributed by atoms with Crippen LogP contribution >= 0.6 is 7.82 Å². The first-order valence-electron chi connectivity index (χ1n) is 5.03. The minimum Gasteiger partial charge on any atom is -0.499 e. The van der Waals surface area contributed by atoms with E-state index in [-0.39, 0.29) is 13.2 Å². The number of allylic oxidation sites excluding steroid dienone is 1. The van der Waals surface area contributed by atoms with Crippen molar-refractivity contribution in [1.82, 2.24) is 0 Å². The van der Waals surface area contributed by atoms with Gasteiger partial charge in [-0.05, 0) is 18.9 Å². The van der Waals surface area contributed by atoms with Crippen molar-refractivity contribution in [2.24, 2.45) is 0 Å². The van der Waals surface area contributed by atoms with Gasteiger partial charge in [0.15, 0.2) is 0 Å². The molecule has 6 heteroatoms. The minimum absolute atomic E-state index is 0.108. The second kappa shape index (κ2) is 8.92. The Morgan fingerprint density at radius 3 is 2.60 bits per heavy atom. The molecule has 0 radical (unpaired) electrons. The smallest absolute Gasteiger partial charge is 0.469 e. The maximum Gasteiger partial charge on any atom is 0.469 e. The van der Waals surface area contributed by atoms with Gasteiger partial charge in [0.25, 0.3) is 0 Å². The van der Waals surface area contributed by atoms with Crippen molar-refractivity contribution in [3.63, 3.8) is 0 Å². The highest BCUT2D eigenvalue weighted by Gasteiger charge is 2.12. The Balaban J connectivity index is 3.20. The Bertz CT molecular complexity index is 211. The highest BCUT2D eigenvalue weighted by atomic mass is 31.2. The lowest BCUT2D eigenvalue weighted by molar-refractivity contribution is 0.140. The first-order chi connectivity index (χ1) is 7.06. The van der Waals surface area contributed by atoms with Crippen molar-refractivity contribution in [1.29, 1.82) is 0 Å². The molecule has 0 aliphatic heterocycles. The second-order valence-electron chi connectivity index (χ2n) is 3.06. The summed E-state index contributed by atoms with van der Waals surface area (Å²) in [5.41, 5.74) is 0. The summed E-state index contributed by atoms with van der Waals surface area (Å²) in [6.07, 6.45) is 7.92. The van der Waals surface area contributed by atoms with Crippen LogP contribution in [-0.2, 0) is 13.8 Å². The summed E-state index contributed by atoms with van der Waals surface area (Å²) in [5.74, 6) is 0. The van der Waals surface area contributed by atoms with E-state index in [0.717, 1.165) is 12.8 Å². The Morgan fingerprint density at radius 2 is 2.00 bits per heavy atom. The first kappa shape index (κ1) is 14.6. The normalized spacial score (nSPS) is 12.2. The average Bonchev–Trinajstić information content (AvgIpc) is 2.14. The molecular formula is C9H19O5P. The van der Waals surface area contributed by atoms with E-state index in [1.54, 1.807) is 6.26 Å². The molecule has 0 aliphatic rings. The fourth-order valence-corrected chi connectivity index (χ4v) is 1.23. The lowest BCUT2D eigenvalue weighted by Gasteiger charge is -2.04. The number of hydrogen-bond donors (Lipinski definition) is 2. The van der Waals surface area contributed by atoms with Crippen molar-refractivity contribution < 1.29 is 23.6 Å². The van der Waals surface area contributed by atoms with E-state index in [1.165, 1.54) is 12.8 Å². The number of phosphoric ester groups is 1. The molecule has 0 heterocycles. The molecule has 0 spiro atoms. The lowest BCUT2D eigenvalue weighted by atomic mass is 10.2. The van der Waals surface area contributed by atoms with E-state index in [9.17, 15) is 4.57 Å². The average molecular weight is 238 g/mol. The Hall–Kier alpha value is -0.350. The maximum absolute atomic E-state index is 10.2. The standard InChI is InChI=1S/C9H19O5P/c1-2-3-4-5-6-7-13-8-9-14-15(10,11)12/h6-7H,2-5,8-9H2,1H3,(H2,10,11,12). The summed E-state index contributed by atoms with van der Waals surface area (Å²) in [6.45, 7) is 2.18. The van der Waals surface area contributed by atoms with Crippen LogP contribution in [0.1, 0.15) is 32.6 Å². The van der Waals surface area contributed by atoms with Crippen LogP contribution in [0.3, 0.4) is 0 Å². The van der Waals surface area contributed by atoms with Gasteiger partial charge in [-0.1, -0.05) is 19.8 Å². The molecule has 0 bridgehead atoms. The van der Waals surface area contributed by atoms with Crippen LogP contribution in [-0.4, -0.2) is 23.0 Å². The predicted molar refractivity (Wildman–Crippen MR) is 57.2 cm³/mol. The molecule has 0 atom stereocenters. The van der Waals surface area contributed by atoms with Gasteiger partial charge in [0, 0.05) is 0 Å². The summed E-state index contributed by atoms with van der Waals surface area (Å²) in [7, 11) is -4.34. The quantitative estimate of drug-likeness (QED) is 0.366. The summed E-state index contributed by atoms with van der Waals surface area (Å²) < 4.78 is 19.4. The van der Waals surface area contributed by atoms with E-state index in [1.807, 2.05) is 6.08 Å². The SMILES string of the molecule is CCCCCC=COCCOP(=O)(O)O. The van der Waals surface area contributed by atoms with E-state index < -0.39 is 7.82 Å². The molecule has 0 amide bonds. The van der Waals surface area contributed by atoms with Crippen LogP contribution < -0.4 is 0 Å². The van der Waals surface area contributed by atoms with Gasteiger partial charge >= 0.3 is 7.82 Å². The third-order valence-corrected chi connectivity index (χ3v) is 2.15. The largest absolute Gasteiger partial charge is 0.499 e. The van der Waals surface area contributed by atoms with Crippen molar-refractivity contribution >= 4 is 7.82 Å². The number of rotatable bonds is 9. The van der Waals surface area contributed by atoms with Crippen LogP contribution in [0.4, 0.5) is 0 Å². The molecule has 2 N–H and O–H groups in total. The molecule has 0 aromatic rings. The van der Waals surface area contributed by atoms with Gasteiger partial charge in [-0.15, -0.1) is 0 Å². The number of ether oxygens (including phenoxy) is 1. The summed E-state index contributed by atoms with van der Waals surface area (Å²) in [6, 6.07) is 0. The van der Waals surface area contributed by atoms with E-state index in [4.69, 9.17) is 14.5 Å². The van der Waals surface area contributed by atoms with Crippen LogP contribution in [0.5, 0.6) is 0 Å². The molecule has 0 unspecified atom stereocenters. The minimum atomic E-state index is -4.34. The molecule has 0 fully saturated rings. The van der Waals surface area contributed by atoms with Gasteiger partial charge in [-0.2, -0.15) is 0 Å². The third kappa shape index (κ3) is 13.7. The fraction of sp³-hybridized carbons (Fsp3) is 0.778.